The molecule has 0 saturated carbocycles. The molecule has 2 aromatic rings. The zero-order chi connectivity index (χ0) is 11.4. The molecule has 0 unspecified atom stereocenters. The van der Waals surface area contributed by atoms with E-state index in [-0.39, 0.29) is 5.56 Å². The molecule has 0 bridgehead atoms. The molecule has 0 spiro atoms. The Morgan fingerprint density at radius 2 is 1.88 bits per heavy atom. The van der Waals surface area contributed by atoms with Gasteiger partial charge in [0.1, 0.15) is 6.61 Å². The van der Waals surface area contributed by atoms with Gasteiger partial charge in [-0.15, -0.1) is 0 Å². The van der Waals surface area contributed by atoms with Gasteiger partial charge in [-0.2, -0.15) is 0 Å². The molecule has 0 saturated heterocycles. The van der Waals surface area contributed by atoms with E-state index in [1.807, 2.05) is 30.3 Å². The number of pyridine rings is 1. The Morgan fingerprint density at radius 1 is 1.12 bits per heavy atom. The van der Waals surface area contributed by atoms with Crippen LogP contribution in [0, 0.1) is 0 Å². The van der Waals surface area contributed by atoms with Crippen LogP contribution in [0.4, 0.5) is 0 Å². The zero-order valence-electron chi connectivity index (χ0n) is 8.44. The van der Waals surface area contributed by atoms with Gasteiger partial charge in [-0.1, -0.05) is 30.3 Å². The highest BCUT2D eigenvalue weighted by Gasteiger charge is 2.01. The topological polar surface area (TPSA) is 42.1 Å². The smallest absolute Gasteiger partial charge is 0.250 e. The van der Waals surface area contributed by atoms with E-state index in [0.29, 0.717) is 12.5 Å². The maximum absolute atomic E-state index is 11.1. The maximum Gasteiger partial charge on any atom is 0.250 e. The summed E-state index contributed by atoms with van der Waals surface area (Å²) in [5.74, 6) is 0.455. The molecule has 0 aliphatic carbocycles. The van der Waals surface area contributed by atoms with E-state index in [1.54, 1.807) is 6.07 Å². The number of rotatable bonds is 3. The predicted octanol–water partition coefficient (Wildman–Crippen LogP) is 2.72. The SMILES string of the molecule is O=c1ccc(Br)c(OCc2ccccc2)[nH]1. The van der Waals surface area contributed by atoms with Crippen LogP contribution in [0.2, 0.25) is 0 Å². The van der Waals surface area contributed by atoms with E-state index in [1.165, 1.54) is 6.07 Å². The van der Waals surface area contributed by atoms with Crippen molar-refractivity contribution in [2.45, 2.75) is 6.61 Å². The van der Waals surface area contributed by atoms with Crippen molar-refractivity contribution in [2.75, 3.05) is 0 Å². The molecule has 2 rings (SSSR count). The fourth-order valence-electron chi connectivity index (χ4n) is 1.27. The van der Waals surface area contributed by atoms with E-state index in [9.17, 15) is 4.79 Å². The van der Waals surface area contributed by atoms with Gasteiger partial charge in [0, 0.05) is 6.07 Å². The molecule has 1 aromatic heterocycles. The monoisotopic (exact) mass is 279 g/mol. The van der Waals surface area contributed by atoms with Crippen LogP contribution in [0.1, 0.15) is 5.56 Å². The Balaban J connectivity index is 2.10. The summed E-state index contributed by atoms with van der Waals surface area (Å²) in [4.78, 5) is 13.7. The number of H-pyrrole nitrogens is 1. The lowest BCUT2D eigenvalue weighted by atomic mass is 10.2. The average Bonchev–Trinajstić information content (AvgIpc) is 2.32. The lowest BCUT2D eigenvalue weighted by molar-refractivity contribution is 0.291. The van der Waals surface area contributed by atoms with E-state index < -0.39 is 0 Å². The van der Waals surface area contributed by atoms with Crippen LogP contribution in [0.25, 0.3) is 0 Å². The van der Waals surface area contributed by atoms with Crippen molar-refractivity contribution < 1.29 is 4.74 Å². The molecule has 0 radical (unpaired) electrons. The fraction of sp³-hybridized carbons (Fsp3) is 0.0833. The van der Waals surface area contributed by atoms with Gasteiger partial charge in [0.25, 0.3) is 5.56 Å². The van der Waals surface area contributed by atoms with E-state index >= 15 is 0 Å². The first-order chi connectivity index (χ1) is 7.75. The summed E-state index contributed by atoms with van der Waals surface area (Å²) in [6.07, 6.45) is 0. The van der Waals surface area contributed by atoms with Crippen LogP contribution in [0.15, 0.2) is 51.7 Å². The van der Waals surface area contributed by atoms with E-state index in [2.05, 4.69) is 20.9 Å². The van der Waals surface area contributed by atoms with Crippen LogP contribution in [0.5, 0.6) is 5.88 Å². The molecule has 1 aromatic carbocycles. The van der Waals surface area contributed by atoms with E-state index in [0.717, 1.165) is 10.0 Å². The van der Waals surface area contributed by atoms with Crippen LogP contribution in [0.3, 0.4) is 0 Å². The molecule has 0 fully saturated rings. The van der Waals surface area contributed by atoms with Gasteiger partial charge in [-0.05, 0) is 27.6 Å². The second-order valence-corrected chi connectivity index (χ2v) is 4.13. The quantitative estimate of drug-likeness (QED) is 0.939. The minimum atomic E-state index is -0.175. The largest absolute Gasteiger partial charge is 0.473 e. The number of hydrogen-bond acceptors (Lipinski definition) is 2. The van der Waals surface area contributed by atoms with Gasteiger partial charge in [0.2, 0.25) is 5.88 Å². The van der Waals surface area contributed by atoms with Crippen LogP contribution < -0.4 is 10.3 Å². The summed E-state index contributed by atoms with van der Waals surface area (Å²) in [6, 6.07) is 12.9. The molecule has 0 amide bonds. The van der Waals surface area contributed by atoms with Crippen molar-refractivity contribution in [1.82, 2.24) is 4.98 Å². The average molecular weight is 280 g/mol. The molecule has 1 heterocycles. The summed E-state index contributed by atoms with van der Waals surface area (Å²) in [5.41, 5.74) is 0.880. The number of ether oxygens (including phenoxy) is 1. The van der Waals surface area contributed by atoms with Crippen molar-refractivity contribution in [3.63, 3.8) is 0 Å². The van der Waals surface area contributed by atoms with Crippen molar-refractivity contribution >= 4 is 15.9 Å². The molecular weight excluding hydrogens is 270 g/mol. The third-order valence-corrected chi connectivity index (χ3v) is 2.69. The summed E-state index contributed by atoms with van der Waals surface area (Å²) < 4.78 is 6.24. The van der Waals surface area contributed by atoms with Gasteiger partial charge in [0.05, 0.1) is 4.47 Å². The Labute approximate surface area is 101 Å². The van der Waals surface area contributed by atoms with Crippen molar-refractivity contribution in [3.8, 4) is 5.88 Å². The Morgan fingerprint density at radius 3 is 2.62 bits per heavy atom. The summed E-state index contributed by atoms with van der Waals surface area (Å²) in [5, 5.41) is 0. The second kappa shape index (κ2) is 4.99. The number of halogens is 1. The number of aromatic nitrogens is 1. The Kier molecular flexibility index (Phi) is 3.41. The zero-order valence-corrected chi connectivity index (χ0v) is 10.0. The summed E-state index contributed by atoms with van der Waals surface area (Å²) in [7, 11) is 0. The highest BCUT2D eigenvalue weighted by molar-refractivity contribution is 9.10. The second-order valence-electron chi connectivity index (χ2n) is 3.27. The standard InChI is InChI=1S/C12H10BrNO2/c13-10-6-7-11(15)14-12(10)16-8-9-4-2-1-3-5-9/h1-7H,8H2,(H,14,15). The Hall–Kier alpha value is -1.55. The van der Waals surface area contributed by atoms with Crippen molar-refractivity contribution in [1.29, 1.82) is 0 Å². The van der Waals surface area contributed by atoms with Crippen LogP contribution in [-0.2, 0) is 6.61 Å². The molecule has 0 aliphatic rings. The number of nitrogens with one attached hydrogen (secondary N) is 1. The number of hydrogen-bond donors (Lipinski definition) is 1. The van der Waals surface area contributed by atoms with E-state index in [4.69, 9.17) is 4.74 Å². The minimum Gasteiger partial charge on any atom is -0.473 e. The number of benzene rings is 1. The first-order valence-electron chi connectivity index (χ1n) is 4.81. The molecule has 0 aliphatic heterocycles. The highest BCUT2D eigenvalue weighted by atomic mass is 79.9. The molecule has 82 valence electrons. The molecule has 16 heavy (non-hydrogen) atoms. The lowest BCUT2D eigenvalue weighted by Gasteiger charge is -2.06. The van der Waals surface area contributed by atoms with Gasteiger partial charge in [-0.3, -0.25) is 9.78 Å². The summed E-state index contributed by atoms with van der Waals surface area (Å²) >= 11 is 3.31. The van der Waals surface area contributed by atoms with Gasteiger partial charge in [0.15, 0.2) is 0 Å². The molecule has 3 nitrogen and oxygen atoms in total. The number of aromatic amines is 1. The third kappa shape index (κ3) is 2.73. The summed E-state index contributed by atoms with van der Waals surface area (Å²) in [6.45, 7) is 0.430. The predicted molar refractivity (Wildman–Crippen MR) is 65.5 cm³/mol. The van der Waals surface area contributed by atoms with Gasteiger partial charge < -0.3 is 4.74 Å². The van der Waals surface area contributed by atoms with Crippen LogP contribution >= 0.6 is 15.9 Å². The Bertz CT molecular complexity index is 522. The maximum atomic E-state index is 11.1. The van der Waals surface area contributed by atoms with Crippen molar-refractivity contribution in [3.05, 3.63) is 62.9 Å². The molecule has 1 N–H and O–H groups in total. The molecular formula is C12H10BrNO2. The van der Waals surface area contributed by atoms with Gasteiger partial charge >= 0.3 is 0 Å². The lowest BCUT2D eigenvalue weighted by Crippen LogP contribution is -2.07. The van der Waals surface area contributed by atoms with Crippen LogP contribution in [-0.4, -0.2) is 4.98 Å². The molecule has 0 atom stereocenters. The molecule has 4 heteroatoms. The third-order valence-electron chi connectivity index (χ3n) is 2.06. The first-order valence-corrected chi connectivity index (χ1v) is 5.60. The normalized spacial score (nSPS) is 10.1. The van der Waals surface area contributed by atoms with Crippen molar-refractivity contribution in [2.24, 2.45) is 0 Å². The van der Waals surface area contributed by atoms with Gasteiger partial charge in [-0.25, -0.2) is 0 Å². The fourth-order valence-corrected chi connectivity index (χ4v) is 1.62. The first kappa shape index (κ1) is 11.0. The highest BCUT2D eigenvalue weighted by Crippen LogP contribution is 2.20. The minimum absolute atomic E-state index is 0.175.